The number of oxime groups is 1. The number of thiophene rings is 1. The van der Waals surface area contributed by atoms with Gasteiger partial charge in [0.15, 0.2) is 5.84 Å². The van der Waals surface area contributed by atoms with E-state index in [1.54, 1.807) is 11.3 Å². The van der Waals surface area contributed by atoms with Crippen LogP contribution in [-0.4, -0.2) is 28.5 Å². The zero-order valence-corrected chi connectivity index (χ0v) is 11.9. The Bertz CT molecular complexity index is 407. The molecule has 1 aromatic heterocycles. The van der Waals surface area contributed by atoms with E-state index >= 15 is 0 Å². The lowest BCUT2D eigenvalue weighted by Gasteiger charge is -2.34. The largest absolute Gasteiger partial charge is 0.409 e. The molecule has 4 nitrogen and oxygen atoms in total. The Balaban J connectivity index is 2.06. The number of hydrogen-bond donors (Lipinski definition) is 2. The van der Waals surface area contributed by atoms with Gasteiger partial charge >= 0.3 is 0 Å². The number of nitrogens with zero attached hydrogens (tertiary/aromatic N) is 2. The predicted octanol–water partition coefficient (Wildman–Crippen LogP) is 2.61. The minimum Gasteiger partial charge on any atom is -0.409 e. The van der Waals surface area contributed by atoms with Crippen molar-refractivity contribution in [3.8, 4) is 0 Å². The summed E-state index contributed by atoms with van der Waals surface area (Å²) in [6.07, 6.45) is 3.30. The molecule has 1 atom stereocenters. The molecule has 17 heavy (non-hydrogen) atoms. The van der Waals surface area contributed by atoms with Crippen LogP contribution in [-0.2, 0) is 6.54 Å². The molecule has 0 aromatic carbocycles. The zero-order chi connectivity index (χ0) is 12.3. The molecule has 0 radical (unpaired) electrons. The van der Waals surface area contributed by atoms with Crippen LogP contribution in [0.2, 0.25) is 0 Å². The van der Waals surface area contributed by atoms with Gasteiger partial charge in [-0.05, 0) is 47.4 Å². The Morgan fingerprint density at radius 2 is 2.41 bits per heavy atom. The Labute approximate surface area is 113 Å². The third kappa shape index (κ3) is 3.20. The van der Waals surface area contributed by atoms with Crippen LogP contribution in [0.15, 0.2) is 21.1 Å². The SMILES string of the molecule is NC(=NO)C1CCCCN1Cc1ccc(Br)s1. The zero-order valence-electron chi connectivity index (χ0n) is 9.47. The Kier molecular flexibility index (Phi) is 4.42. The van der Waals surface area contributed by atoms with Crippen molar-refractivity contribution in [1.29, 1.82) is 0 Å². The molecule has 2 rings (SSSR count). The first kappa shape index (κ1) is 12.9. The molecular weight excluding hydrogens is 302 g/mol. The number of hydrogen-bond acceptors (Lipinski definition) is 4. The van der Waals surface area contributed by atoms with Crippen molar-refractivity contribution in [3.05, 3.63) is 20.8 Å². The van der Waals surface area contributed by atoms with E-state index in [9.17, 15) is 0 Å². The standard InChI is InChI=1S/C11H16BrN3OS/c12-10-5-4-8(17-10)7-15-6-2-1-3-9(15)11(13)14-16/h4-5,9,16H,1-3,6-7H2,(H2,13,14). The van der Waals surface area contributed by atoms with Crippen LogP contribution in [0.5, 0.6) is 0 Å². The van der Waals surface area contributed by atoms with Gasteiger partial charge in [0.25, 0.3) is 0 Å². The maximum atomic E-state index is 8.81. The Morgan fingerprint density at radius 3 is 3.06 bits per heavy atom. The van der Waals surface area contributed by atoms with Crippen molar-refractivity contribution in [2.24, 2.45) is 10.9 Å². The average Bonchev–Trinajstić information content (AvgIpc) is 2.74. The minimum absolute atomic E-state index is 0.0784. The molecule has 0 spiro atoms. The number of nitrogens with two attached hydrogens (primary N) is 1. The molecular formula is C11H16BrN3OS. The first-order valence-corrected chi connectivity index (χ1v) is 7.27. The van der Waals surface area contributed by atoms with Crippen molar-refractivity contribution in [2.75, 3.05) is 6.54 Å². The summed E-state index contributed by atoms with van der Waals surface area (Å²) in [6, 6.07) is 4.25. The monoisotopic (exact) mass is 317 g/mol. The minimum atomic E-state index is 0.0784. The van der Waals surface area contributed by atoms with Gasteiger partial charge in [-0.15, -0.1) is 11.3 Å². The van der Waals surface area contributed by atoms with Crippen molar-refractivity contribution >= 4 is 33.1 Å². The predicted molar refractivity (Wildman–Crippen MR) is 73.5 cm³/mol. The van der Waals surface area contributed by atoms with Gasteiger partial charge < -0.3 is 10.9 Å². The highest BCUT2D eigenvalue weighted by molar-refractivity contribution is 9.11. The van der Waals surface area contributed by atoms with E-state index in [2.05, 4.69) is 38.1 Å². The second kappa shape index (κ2) is 5.84. The van der Waals surface area contributed by atoms with E-state index in [0.717, 1.165) is 29.7 Å². The van der Waals surface area contributed by atoms with Crippen molar-refractivity contribution < 1.29 is 5.21 Å². The summed E-state index contributed by atoms with van der Waals surface area (Å²) in [5, 5.41) is 12.0. The molecule has 2 heterocycles. The highest BCUT2D eigenvalue weighted by Crippen LogP contribution is 2.26. The van der Waals surface area contributed by atoms with Crippen LogP contribution >= 0.6 is 27.3 Å². The first-order valence-electron chi connectivity index (χ1n) is 5.66. The molecule has 1 aliphatic rings. The van der Waals surface area contributed by atoms with E-state index in [-0.39, 0.29) is 6.04 Å². The number of halogens is 1. The lowest BCUT2D eigenvalue weighted by molar-refractivity contribution is 0.180. The topological polar surface area (TPSA) is 61.9 Å². The lowest BCUT2D eigenvalue weighted by atomic mass is 10.0. The molecule has 0 amide bonds. The molecule has 0 saturated carbocycles. The van der Waals surface area contributed by atoms with Gasteiger partial charge in [0.1, 0.15) is 0 Å². The van der Waals surface area contributed by atoms with Crippen molar-refractivity contribution in [3.63, 3.8) is 0 Å². The normalized spacial score (nSPS) is 22.9. The second-order valence-corrected chi connectivity index (χ2v) is 6.76. The lowest BCUT2D eigenvalue weighted by Crippen LogP contribution is -2.47. The highest BCUT2D eigenvalue weighted by atomic mass is 79.9. The van der Waals surface area contributed by atoms with E-state index < -0.39 is 0 Å². The number of piperidine rings is 1. The van der Waals surface area contributed by atoms with Gasteiger partial charge in [-0.1, -0.05) is 11.6 Å². The number of amidine groups is 1. The van der Waals surface area contributed by atoms with Crippen LogP contribution in [0.3, 0.4) is 0 Å². The molecule has 6 heteroatoms. The fraction of sp³-hybridized carbons (Fsp3) is 0.545. The van der Waals surface area contributed by atoms with E-state index in [1.165, 1.54) is 11.3 Å². The number of likely N-dealkylation sites (tertiary alicyclic amines) is 1. The summed E-state index contributed by atoms with van der Waals surface area (Å²) in [7, 11) is 0. The molecule has 0 aliphatic carbocycles. The van der Waals surface area contributed by atoms with Crippen LogP contribution in [0.4, 0.5) is 0 Å². The van der Waals surface area contributed by atoms with E-state index in [4.69, 9.17) is 10.9 Å². The maximum absolute atomic E-state index is 8.81. The molecule has 1 saturated heterocycles. The molecule has 94 valence electrons. The second-order valence-electron chi connectivity index (χ2n) is 4.21. The summed E-state index contributed by atoms with van der Waals surface area (Å²) in [5.74, 6) is 0.334. The average molecular weight is 318 g/mol. The summed E-state index contributed by atoms with van der Waals surface area (Å²) in [4.78, 5) is 3.59. The van der Waals surface area contributed by atoms with Crippen LogP contribution in [0, 0.1) is 0 Å². The quantitative estimate of drug-likeness (QED) is 0.390. The third-order valence-electron chi connectivity index (χ3n) is 3.06. The highest BCUT2D eigenvalue weighted by Gasteiger charge is 2.26. The molecule has 3 N–H and O–H groups in total. The Hall–Kier alpha value is -0.590. The molecule has 1 aliphatic heterocycles. The van der Waals surface area contributed by atoms with Gasteiger partial charge in [-0.3, -0.25) is 4.90 Å². The fourth-order valence-electron chi connectivity index (χ4n) is 2.22. The molecule has 1 fully saturated rings. The number of rotatable bonds is 3. The van der Waals surface area contributed by atoms with E-state index in [1.807, 2.05) is 0 Å². The van der Waals surface area contributed by atoms with Gasteiger partial charge in [0.05, 0.1) is 9.83 Å². The van der Waals surface area contributed by atoms with Gasteiger partial charge in [-0.2, -0.15) is 0 Å². The summed E-state index contributed by atoms with van der Waals surface area (Å²) < 4.78 is 1.14. The summed E-state index contributed by atoms with van der Waals surface area (Å²) in [5.41, 5.74) is 5.75. The summed E-state index contributed by atoms with van der Waals surface area (Å²) >= 11 is 5.20. The van der Waals surface area contributed by atoms with Gasteiger partial charge in [-0.25, -0.2) is 0 Å². The Morgan fingerprint density at radius 1 is 1.59 bits per heavy atom. The van der Waals surface area contributed by atoms with Gasteiger partial charge in [0, 0.05) is 11.4 Å². The van der Waals surface area contributed by atoms with Crippen LogP contribution in [0.1, 0.15) is 24.1 Å². The smallest absolute Gasteiger partial charge is 0.156 e. The van der Waals surface area contributed by atoms with Crippen molar-refractivity contribution in [1.82, 2.24) is 4.90 Å². The first-order chi connectivity index (χ1) is 8.20. The summed E-state index contributed by atoms with van der Waals surface area (Å²) in [6.45, 7) is 1.88. The van der Waals surface area contributed by atoms with Gasteiger partial charge in [0.2, 0.25) is 0 Å². The van der Waals surface area contributed by atoms with E-state index in [0.29, 0.717) is 5.84 Å². The third-order valence-corrected chi connectivity index (χ3v) is 4.67. The molecule has 1 aromatic rings. The van der Waals surface area contributed by atoms with Crippen LogP contribution in [0.25, 0.3) is 0 Å². The maximum Gasteiger partial charge on any atom is 0.156 e. The van der Waals surface area contributed by atoms with Crippen molar-refractivity contribution in [2.45, 2.75) is 31.8 Å². The molecule has 1 unspecified atom stereocenters. The fourth-order valence-corrected chi connectivity index (χ4v) is 3.73. The molecule has 0 bridgehead atoms. The van der Waals surface area contributed by atoms with Crippen LogP contribution < -0.4 is 5.73 Å².